The Hall–Kier alpha value is 0.250. The second kappa shape index (κ2) is 4.86. The zero-order chi connectivity index (χ0) is 11.8. The van der Waals surface area contributed by atoms with Crippen LogP contribution in [0, 0.1) is 11.8 Å². The van der Waals surface area contributed by atoms with Gasteiger partial charge >= 0.3 is 0 Å². The van der Waals surface area contributed by atoms with E-state index in [2.05, 4.69) is 25.7 Å². The van der Waals surface area contributed by atoms with Gasteiger partial charge in [-0.2, -0.15) is 0 Å². The molecule has 0 radical (unpaired) electrons. The fraction of sp³-hybridized carbons (Fsp3) is 1.00. The third-order valence-electron chi connectivity index (χ3n) is 4.84. The molecule has 0 bridgehead atoms. The van der Waals surface area contributed by atoms with Crippen LogP contribution < -0.4 is 0 Å². The number of hydrogen-bond acceptors (Lipinski definition) is 1. The molecule has 1 heterocycles. The molecule has 0 N–H and O–H groups in total. The fourth-order valence-electron chi connectivity index (χ4n) is 4.26. The number of piperidine rings is 1. The molecule has 3 unspecified atom stereocenters. The van der Waals surface area contributed by atoms with Gasteiger partial charge in [0.25, 0.3) is 0 Å². The van der Waals surface area contributed by atoms with E-state index in [-0.39, 0.29) is 0 Å². The maximum atomic E-state index is 5.99. The SMILES string of the molecule is CC1CC(C)(C)N(CCCl)C2CCCCC12. The first-order chi connectivity index (χ1) is 7.56. The summed E-state index contributed by atoms with van der Waals surface area (Å²) in [6.07, 6.45) is 7.05. The molecule has 0 aromatic heterocycles. The van der Waals surface area contributed by atoms with Gasteiger partial charge < -0.3 is 0 Å². The zero-order valence-corrected chi connectivity index (χ0v) is 11.8. The molecule has 0 aromatic rings. The number of hydrogen-bond donors (Lipinski definition) is 0. The van der Waals surface area contributed by atoms with Gasteiger partial charge in [-0.15, -0.1) is 11.6 Å². The Labute approximate surface area is 106 Å². The molecule has 3 atom stereocenters. The van der Waals surface area contributed by atoms with Crippen molar-refractivity contribution in [3.63, 3.8) is 0 Å². The molecule has 16 heavy (non-hydrogen) atoms. The first-order valence-corrected chi connectivity index (χ1v) is 7.42. The number of alkyl halides is 1. The highest BCUT2D eigenvalue weighted by atomic mass is 35.5. The number of halogens is 1. The van der Waals surface area contributed by atoms with Crippen molar-refractivity contribution in [3.8, 4) is 0 Å². The van der Waals surface area contributed by atoms with Crippen LogP contribution in [-0.2, 0) is 0 Å². The lowest BCUT2D eigenvalue weighted by molar-refractivity contribution is -0.0543. The third kappa shape index (κ3) is 2.26. The average molecular weight is 244 g/mol. The van der Waals surface area contributed by atoms with Crippen LogP contribution in [0.25, 0.3) is 0 Å². The molecule has 2 rings (SSSR count). The average Bonchev–Trinajstić information content (AvgIpc) is 2.23. The molecule has 1 nitrogen and oxygen atoms in total. The van der Waals surface area contributed by atoms with Crippen LogP contribution in [0.4, 0.5) is 0 Å². The van der Waals surface area contributed by atoms with Crippen LogP contribution in [0.2, 0.25) is 0 Å². The minimum absolute atomic E-state index is 0.354. The van der Waals surface area contributed by atoms with E-state index >= 15 is 0 Å². The number of rotatable bonds is 2. The van der Waals surface area contributed by atoms with Crippen molar-refractivity contribution in [2.45, 2.75) is 64.5 Å². The summed E-state index contributed by atoms with van der Waals surface area (Å²) in [7, 11) is 0. The molecule has 1 saturated carbocycles. The highest BCUT2D eigenvalue weighted by molar-refractivity contribution is 6.18. The molecular formula is C14H26ClN. The Kier molecular flexibility index (Phi) is 3.86. The maximum Gasteiger partial charge on any atom is 0.0351 e. The minimum Gasteiger partial charge on any atom is -0.294 e. The molecule has 2 fully saturated rings. The van der Waals surface area contributed by atoms with Crippen molar-refractivity contribution in [2.24, 2.45) is 11.8 Å². The Morgan fingerprint density at radius 2 is 1.94 bits per heavy atom. The van der Waals surface area contributed by atoms with Gasteiger partial charge in [0.1, 0.15) is 0 Å². The van der Waals surface area contributed by atoms with Gasteiger partial charge in [0, 0.05) is 24.0 Å². The first kappa shape index (κ1) is 12.7. The van der Waals surface area contributed by atoms with E-state index < -0.39 is 0 Å². The number of likely N-dealkylation sites (tertiary alicyclic amines) is 1. The Morgan fingerprint density at radius 3 is 2.62 bits per heavy atom. The predicted octanol–water partition coefficient (Wildman–Crippen LogP) is 3.90. The third-order valence-corrected chi connectivity index (χ3v) is 5.01. The topological polar surface area (TPSA) is 3.24 Å². The van der Waals surface area contributed by atoms with Crippen LogP contribution in [0.5, 0.6) is 0 Å². The number of fused-ring (bicyclic) bond motifs is 1. The van der Waals surface area contributed by atoms with Gasteiger partial charge in [0.05, 0.1) is 0 Å². The molecule has 1 aliphatic carbocycles. The van der Waals surface area contributed by atoms with Crippen molar-refractivity contribution < 1.29 is 0 Å². The van der Waals surface area contributed by atoms with Crippen molar-refractivity contribution in [2.75, 3.05) is 12.4 Å². The molecule has 2 aliphatic rings. The molecule has 0 aromatic carbocycles. The molecule has 2 heteroatoms. The Balaban J connectivity index is 2.18. The van der Waals surface area contributed by atoms with Crippen LogP contribution in [0.1, 0.15) is 52.9 Å². The van der Waals surface area contributed by atoms with E-state index in [0.717, 1.165) is 30.3 Å². The molecule has 0 amide bonds. The van der Waals surface area contributed by atoms with Crippen molar-refractivity contribution >= 4 is 11.6 Å². The smallest absolute Gasteiger partial charge is 0.0351 e. The summed E-state index contributed by atoms with van der Waals surface area (Å²) in [6, 6.07) is 0.811. The summed E-state index contributed by atoms with van der Waals surface area (Å²) in [5.74, 6) is 2.61. The van der Waals surface area contributed by atoms with Gasteiger partial charge in [-0.1, -0.05) is 19.8 Å². The lowest BCUT2D eigenvalue weighted by atomic mass is 9.67. The standard InChI is InChI=1S/C14H26ClN/c1-11-10-14(2,3)16(9-8-15)13-7-5-4-6-12(11)13/h11-13H,4-10H2,1-3H3. The summed E-state index contributed by atoms with van der Waals surface area (Å²) in [5.41, 5.74) is 0.354. The van der Waals surface area contributed by atoms with E-state index in [1.165, 1.54) is 32.1 Å². The van der Waals surface area contributed by atoms with Gasteiger partial charge in [-0.05, 0) is 44.9 Å². The van der Waals surface area contributed by atoms with E-state index in [9.17, 15) is 0 Å². The van der Waals surface area contributed by atoms with Gasteiger partial charge in [-0.3, -0.25) is 4.90 Å². The molecule has 0 spiro atoms. The van der Waals surface area contributed by atoms with Crippen LogP contribution in [0.15, 0.2) is 0 Å². The summed E-state index contributed by atoms with van der Waals surface area (Å²) < 4.78 is 0. The van der Waals surface area contributed by atoms with Crippen LogP contribution in [-0.4, -0.2) is 28.9 Å². The highest BCUT2D eigenvalue weighted by Gasteiger charge is 2.45. The quantitative estimate of drug-likeness (QED) is 0.665. The largest absolute Gasteiger partial charge is 0.294 e. The monoisotopic (exact) mass is 243 g/mol. The van der Waals surface area contributed by atoms with Crippen molar-refractivity contribution in [1.29, 1.82) is 0 Å². The van der Waals surface area contributed by atoms with Crippen molar-refractivity contribution in [3.05, 3.63) is 0 Å². The molecule has 94 valence electrons. The van der Waals surface area contributed by atoms with E-state index in [0.29, 0.717) is 5.54 Å². The lowest BCUT2D eigenvalue weighted by Crippen LogP contribution is -2.60. The lowest BCUT2D eigenvalue weighted by Gasteiger charge is -2.55. The van der Waals surface area contributed by atoms with E-state index in [4.69, 9.17) is 11.6 Å². The first-order valence-electron chi connectivity index (χ1n) is 6.89. The Morgan fingerprint density at radius 1 is 1.25 bits per heavy atom. The van der Waals surface area contributed by atoms with E-state index in [1.54, 1.807) is 0 Å². The second-order valence-electron chi connectivity index (χ2n) is 6.39. The van der Waals surface area contributed by atoms with Crippen LogP contribution in [0.3, 0.4) is 0 Å². The maximum absolute atomic E-state index is 5.99. The molecule has 1 saturated heterocycles. The fourth-order valence-corrected chi connectivity index (χ4v) is 4.44. The zero-order valence-electron chi connectivity index (χ0n) is 11.0. The summed E-state index contributed by atoms with van der Waals surface area (Å²) in [5, 5.41) is 0. The summed E-state index contributed by atoms with van der Waals surface area (Å²) >= 11 is 5.99. The number of nitrogens with zero attached hydrogens (tertiary/aromatic N) is 1. The summed E-state index contributed by atoms with van der Waals surface area (Å²) in [6.45, 7) is 8.34. The highest BCUT2D eigenvalue weighted by Crippen LogP contribution is 2.44. The van der Waals surface area contributed by atoms with E-state index in [1.807, 2.05) is 0 Å². The van der Waals surface area contributed by atoms with Crippen LogP contribution >= 0.6 is 11.6 Å². The minimum atomic E-state index is 0.354. The van der Waals surface area contributed by atoms with Crippen molar-refractivity contribution in [1.82, 2.24) is 4.90 Å². The molecular weight excluding hydrogens is 218 g/mol. The van der Waals surface area contributed by atoms with Gasteiger partial charge in [0.15, 0.2) is 0 Å². The predicted molar refractivity (Wildman–Crippen MR) is 71.0 cm³/mol. The Bertz CT molecular complexity index is 239. The van der Waals surface area contributed by atoms with Gasteiger partial charge in [-0.25, -0.2) is 0 Å². The summed E-state index contributed by atoms with van der Waals surface area (Å²) in [4.78, 5) is 2.71. The molecule has 1 aliphatic heterocycles. The second-order valence-corrected chi connectivity index (χ2v) is 6.77. The normalized spacial score (nSPS) is 39.4. The van der Waals surface area contributed by atoms with Gasteiger partial charge in [0.2, 0.25) is 0 Å².